The van der Waals surface area contributed by atoms with Crippen LogP contribution in [-0.4, -0.2) is 44.9 Å². The molecule has 0 bridgehead atoms. The number of aliphatic carboxylic acids is 1. The number of alkyl halides is 3. The first kappa shape index (κ1) is 23.3. The SMILES string of the molecule is Cc1nc2c(F)c(-c3ccc(Cl)cc3)nn2c(N2CCCC(C)(C(=O)O)C2)c1CC(F)(F)F. The Morgan fingerprint density at radius 3 is 2.55 bits per heavy atom. The molecule has 1 fully saturated rings. The summed E-state index contributed by atoms with van der Waals surface area (Å²) in [5, 5.41) is 14.4. The minimum absolute atomic E-state index is 0.0129. The largest absolute Gasteiger partial charge is 0.481 e. The van der Waals surface area contributed by atoms with Crippen LogP contribution in [0, 0.1) is 18.2 Å². The van der Waals surface area contributed by atoms with Gasteiger partial charge in [-0.1, -0.05) is 23.7 Å². The third-order valence-electron chi connectivity index (χ3n) is 5.99. The Balaban J connectivity index is 1.96. The van der Waals surface area contributed by atoms with Crippen LogP contribution >= 0.6 is 11.6 Å². The number of anilines is 1. The zero-order valence-corrected chi connectivity index (χ0v) is 18.6. The van der Waals surface area contributed by atoms with Crippen LogP contribution in [0.4, 0.5) is 23.4 Å². The average molecular weight is 485 g/mol. The van der Waals surface area contributed by atoms with Crippen molar-refractivity contribution in [3.8, 4) is 11.3 Å². The highest BCUT2D eigenvalue weighted by Gasteiger charge is 2.41. The Morgan fingerprint density at radius 2 is 1.94 bits per heavy atom. The fourth-order valence-corrected chi connectivity index (χ4v) is 4.40. The molecule has 3 heterocycles. The minimum Gasteiger partial charge on any atom is -0.481 e. The van der Waals surface area contributed by atoms with E-state index in [1.54, 1.807) is 36.1 Å². The molecule has 3 aromatic rings. The molecule has 1 atom stereocenters. The van der Waals surface area contributed by atoms with Crippen LogP contribution in [0.25, 0.3) is 16.9 Å². The van der Waals surface area contributed by atoms with Crippen molar-refractivity contribution >= 4 is 29.0 Å². The van der Waals surface area contributed by atoms with Crippen LogP contribution < -0.4 is 4.90 Å². The first-order chi connectivity index (χ1) is 15.4. The second-order valence-electron chi connectivity index (χ2n) is 8.59. The molecule has 0 spiro atoms. The van der Waals surface area contributed by atoms with E-state index in [0.717, 1.165) is 4.52 Å². The van der Waals surface area contributed by atoms with Gasteiger partial charge in [0.15, 0.2) is 11.5 Å². The highest BCUT2D eigenvalue weighted by Crippen LogP contribution is 2.38. The molecule has 176 valence electrons. The number of aryl methyl sites for hydroxylation is 1. The number of hydrogen-bond acceptors (Lipinski definition) is 4. The van der Waals surface area contributed by atoms with E-state index < -0.39 is 29.8 Å². The third kappa shape index (κ3) is 4.36. The molecule has 1 saturated heterocycles. The summed E-state index contributed by atoms with van der Waals surface area (Å²) >= 11 is 5.91. The van der Waals surface area contributed by atoms with Gasteiger partial charge in [-0.05, 0) is 38.8 Å². The van der Waals surface area contributed by atoms with Crippen molar-refractivity contribution in [2.24, 2.45) is 5.41 Å². The standard InChI is InChI=1S/C22H21ClF4N4O2/c1-12-15(10-22(25,26)27)19(30-9-3-8-21(2,11-30)20(32)33)31-18(28-12)16(24)17(29-31)13-4-6-14(23)7-5-13/h4-7H,3,8-11H2,1-2H3,(H,32,33). The van der Waals surface area contributed by atoms with Crippen molar-refractivity contribution in [3.63, 3.8) is 0 Å². The summed E-state index contributed by atoms with van der Waals surface area (Å²) in [7, 11) is 0. The molecule has 2 aromatic heterocycles. The Kier molecular flexibility index (Phi) is 5.76. The van der Waals surface area contributed by atoms with Gasteiger partial charge in [0, 0.05) is 34.9 Å². The Bertz CT molecular complexity index is 1230. The number of carbonyl (C=O) groups is 1. The smallest absolute Gasteiger partial charge is 0.393 e. The molecular formula is C22H21ClF4N4O2. The van der Waals surface area contributed by atoms with E-state index in [1.807, 2.05) is 0 Å². The molecule has 1 unspecified atom stereocenters. The fraction of sp³-hybridized carbons (Fsp3) is 0.409. The Morgan fingerprint density at radius 1 is 1.27 bits per heavy atom. The molecule has 4 rings (SSSR count). The van der Waals surface area contributed by atoms with E-state index in [9.17, 15) is 23.1 Å². The van der Waals surface area contributed by atoms with E-state index in [0.29, 0.717) is 30.0 Å². The first-order valence-corrected chi connectivity index (χ1v) is 10.7. The van der Waals surface area contributed by atoms with Gasteiger partial charge in [-0.25, -0.2) is 9.37 Å². The van der Waals surface area contributed by atoms with Gasteiger partial charge < -0.3 is 10.0 Å². The molecule has 0 aliphatic carbocycles. The van der Waals surface area contributed by atoms with Crippen LogP contribution in [0.15, 0.2) is 24.3 Å². The van der Waals surface area contributed by atoms with Crippen LogP contribution in [0.5, 0.6) is 0 Å². The van der Waals surface area contributed by atoms with E-state index in [2.05, 4.69) is 10.1 Å². The molecule has 0 saturated carbocycles. The Hall–Kier alpha value is -2.88. The molecule has 1 aliphatic heterocycles. The van der Waals surface area contributed by atoms with Crippen LogP contribution in [0.2, 0.25) is 5.02 Å². The summed E-state index contributed by atoms with van der Waals surface area (Å²) < 4.78 is 56.9. The number of carboxylic acid groups (broad SMARTS) is 1. The highest BCUT2D eigenvalue weighted by atomic mass is 35.5. The zero-order valence-electron chi connectivity index (χ0n) is 17.9. The maximum Gasteiger partial charge on any atom is 0.393 e. The molecule has 1 N–H and O–H groups in total. The highest BCUT2D eigenvalue weighted by molar-refractivity contribution is 6.30. The molecule has 11 heteroatoms. The van der Waals surface area contributed by atoms with Gasteiger partial charge in [-0.15, -0.1) is 0 Å². The van der Waals surface area contributed by atoms with Gasteiger partial charge >= 0.3 is 12.1 Å². The maximum absolute atomic E-state index is 15.4. The summed E-state index contributed by atoms with van der Waals surface area (Å²) in [6.45, 7) is 3.21. The van der Waals surface area contributed by atoms with Crippen molar-refractivity contribution in [2.75, 3.05) is 18.0 Å². The number of fused-ring (bicyclic) bond motifs is 1. The summed E-state index contributed by atoms with van der Waals surface area (Å²) in [6.07, 6.45) is -5.02. The van der Waals surface area contributed by atoms with E-state index in [-0.39, 0.29) is 35.0 Å². The fourth-order valence-electron chi connectivity index (χ4n) is 4.27. The molecule has 1 aromatic carbocycles. The van der Waals surface area contributed by atoms with Crippen LogP contribution in [0.1, 0.15) is 31.0 Å². The summed E-state index contributed by atoms with van der Waals surface area (Å²) in [5.74, 6) is -1.81. The lowest BCUT2D eigenvalue weighted by Gasteiger charge is -2.39. The van der Waals surface area contributed by atoms with Gasteiger partial charge in [0.2, 0.25) is 0 Å². The van der Waals surface area contributed by atoms with E-state index in [4.69, 9.17) is 11.6 Å². The number of piperidine rings is 1. The second kappa shape index (κ2) is 8.16. The van der Waals surface area contributed by atoms with Gasteiger partial charge in [0.1, 0.15) is 11.5 Å². The third-order valence-corrected chi connectivity index (χ3v) is 6.24. The van der Waals surface area contributed by atoms with Crippen molar-refractivity contribution in [3.05, 3.63) is 46.4 Å². The molecular weight excluding hydrogens is 464 g/mol. The number of aromatic nitrogens is 3. The number of benzene rings is 1. The molecule has 33 heavy (non-hydrogen) atoms. The lowest BCUT2D eigenvalue weighted by molar-refractivity contribution is -0.148. The van der Waals surface area contributed by atoms with Gasteiger partial charge in [-0.3, -0.25) is 4.79 Å². The minimum atomic E-state index is -4.55. The van der Waals surface area contributed by atoms with Gasteiger partial charge in [0.05, 0.1) is 11.8 Å². The number of nitrogens with zero attached hydrogens (tertiary/aromatic N) is 4. The predicted octanol–water partition coefficient (Wildman–Crippen LogP) is 5.29. The zero-order chi connectivity index (χ0) is 24.1. The molecule has 0 radical (unpaired) electrons. The summed E-state index contributed by atoms with van der Waals surface area (Å²) in [5.41, 5.74) is -1.23. The quantitative estimate of drug-likeness (QED) is 0.509. The number of halogens is 5. The van der Waals surface area contributed by atoms with Crippen molar-refractivity contribution in [2.45, 2.75) is 39.3 Å². The predicted molar refractivity (Wildman–Crippen MR) is 115 cm³/mol. The molecule has 0 amide bonds. The summed E-state index contributed by atoms with van der Waals surface area (Å²) in [4.78, 5) is 17.5. The lowest BCUT2D eigenvalue weighted by Crippen LogP contribution is -2.47. The van der Waals surface area contributed by atoms with Crippen molar-refractivity contribution in [1.82, 2.24) is 14.6 Å². The maximum atomic E-state index is 15.4. The van der Waals surface area contributed by atoms with Crippen LogP contribution in [-0.2, 0) is 11.2 Å². The molecule has 6 nitrogen and oxygen atoms in total. The topological polar surface area (TPSA) is 70.7 Å². The lowest BCUT2D eigenvalue weighted by atomic mass is 9.82. The number of carboxylic acids is 1. The summed E-state index contributed by atoms with van der Waals surface area (Å²) in [6, 6.07) is 6.22. The molecule has 1 aliphatic rings. The first-order valence-electron chi connectivity index (χ1n) is 10.3. The van der Waals surface area contributed by atoms with Crippen molar-refractivity contribution < 1.29 is 27.5 Å². The van der Waals surface area contributed by atoms with Crippen LogP contribution in [0.3, 0.4) is 0 Å². The normalized spacial score (nSPS) is 19.3. The average Bonchev–Trinajstić information content (AvgIpc) is 3.04. The number of rotatable bonds is 4. The van der Waals surface area contributed by atoms with E-state index in [1.165, 1.54) is 6.92 Å². The van der Waals surface area contributed by atoms with Crippen molar-refractivity contribution in [1.29, 1.82) is 0 Å². The van der Waals surface area contributed by atoms with E-state index >= 15 is 4.39 Å². The van der Waals surface area contributed by atoms with Gasteiger partial charge in [0.25, 0.3) is 0 Å². The Labute approximate surface area is 191 Å². The number of hydrogen-bond donors (Lipinski definition) is 1. The second-order valence-corrected chi connectivity index (χ2v) is 9.02. The van der Waals surface area contributed by atoms with Gasteiger partial charge in [-0.2, -0.15) is 22.8 Å². The monoisotopic (exact) mass is 484 g/mol.